The number of nitrogens with zero attached hydrogens (tertiary/aromatic N) is 2. The average Bonchev–Trinajstić information content (AvgIpc) is 3.40. The normalized spacial score (nSPS) is 15.6. The van der Waals surface area contributed by atoms with E-state index < -0.39 is 9.84 Å². The van der Waals surface area contributed by atoms with Gasteiger partial charge in [0.25, 0.3) is 5.91 Å². The van der Waals surface area contributed by atoms with Gasteiger partial charge in [-0.2, -0.15) is 0 Å². The van der Waals surface area contributed by atoms with Crippen molar-refractivity contribution >= 4 is 15.7 Å². The molecule has 3 aromatic rings. The molecule has 28 heavy (non-hydrogen) atoms. The van der Waals surface area contributed by atoms with Crippen molar-refractivity contribution in [2.45, 2.75) is 29.5 Å². The molecule has 0 atom stereocenters. The number of furan rings is 1. The molecule has 7 heteroatoms. The molecule has 6 nitrogen and oxygen atoms in total. The lowest BCUT2D eigenvalue weighted by Crippen LogP contribution is -2.39. The standard InChI is InChI=1S/C21H22N2O4S/c24-21(23-13-8-18(9-14-23)22-11-4-5-12-22)20-17(10-15-27-20)16-28(25,26)19-6-2-1-3-7-19/h1-7,10-12,15,18H,8-9,13-14,16H2. The number of carbonyl (C=O) groups is 1. The first-order valence-corrected chi connectivity index (χ1v) is 11.0. The molecule has 146 valence electrons. The van der Waals surface area contributed by atoms with Crippen LogP contribution < -0.4 is 0 Å². The number of piperidine rings is 1. The van der Waals surface area contributed by atoms with Crippen molar-refractivity contribution in [2.24, 2.45) is 0 Å². The third kappa shape index (κ3) is 3.75. The number of hydrogen-bond donors (Lipinski definition) is 0. The molecule has 1 aliphatic heterocycles. The lowest BCUT2D eigenvalue weighted by atomic mass is 10.0. The Balaban J connectivity index is 1.46. The Kier molecular flexibility index (Phi) is 5.09. The molecule has 0 N–H and O–H groups in total. The summed E-state index contributed by atoms with van der Waals surface area (Å²) in [5.74, 6) is -0.373. The minimum atomic E-state index is -3.54. The van der Waals surface area contributed by atoms with Crippen LogP contribution in [0.15, 0.2) is 76.5 Å². The van der Waals surface area contributed by atoms with E-state index in [0.717, 1.165) is 12.8 Å². The molecule has 1 fully saturated rings. The first-order valence-electron chi connectivity index (χ1n) is 9.30. The maximum atomic E-state index is 12.9. The lowest BCUT2D eigenvalue weighted by molar-refractivity contribution is 0.0661. The molecule has 0 bridgehead atoms. The zero-order chi connectivity index (χ0) is 19.6. The van der Waals surface area contributed by atoms with E-state index >= 15 is 0 Å². The van der Waals surface area contributed by atoms with Gasteiger partial charge in [0.1, 0.15) is 0 Å². The third-order valence-corrected chi connectivity index (χ3v) is 6.87. The van der Waals surface area contributed by atoms with Crippen molar-refractivity contribution in [3.05, 3.63) is 78.5 Å². The van der Waals surface area contributed by atoms with Crippen LogP contribution >= 0.6 is 0 Å². The molecule has 1 amide bonds. The van der Waals surface area contributed by atoms with Gasteiger partial charge in [0.15, 0.2) is 15.6 Å². The van der Waals surface area contributed by atoms with Gasteiger partial charge in [0.05, 0.1) is 16.9 Å². The molecule has 1 aliphatic rings. The van der Waals surface area contributed by atoms with Gasteiger partial charge in [0, 0.05) is 37.1 Å². The minimum absolute atomic E-state index is 0.124. The fourth-order valence-electron chi connectivity index (χ4n) is 3.65. The zero-order valence-electron chi connectivity index (χ0n) is 15.4. The fraction of sp³-hybridized carbons (Fsp3) is 0.286. The summed E-state index contributed by atoms with van der Waals surface area (Å²) < 4.78 is 32.9. The minimum Gasteiger partial charge on any atom is -0.459 e. The second kappa shape index (κ2) is 7.67. The van der Waals surface area contributed by atoms with Crippen LogP contribution in [0.5, 0.6) is 0 Å². The van der Waals surface area contributed by atoms with Crippen LogP contribution in [0.4, 0.5) is 0 Å². The number of hydrogen-bond acceptors (Lipinski definition) is 4. The number of carbonyl (C=O) groups excluding carboxylic acids is 1. The molecule has 0 spiro atoms. The van der Waals surface area contributed by atoms with Gasteiger partial charge >= 0.3 is 0 Å². The summed E-state index contributed by atoms with van der Waals surface area (Å²) in [5, 5.41) is 0. The first-order chi connectivity index (χ1) is 13.5. The Morgan fingerprint density at radius 3 is 2.36 bits per heavy atom. The van der Waals surface area contributed by atoms with Crippen molar-refractivity contribution in [1.82, 2.24) is 9.47 Å². The predicted octanol–water partition coefficient (Wildman–Crippen LogP) is 3.53. The van der Waals surface area contributed by atoms with Gasteiger partial charge in [-0.15, -0.1) is 0 Å². The molecular weight excluding hydrogens is 376 g/mol. The van der Waals surface area contributed by atoms with Crippen LogP contribution in [0.25, 0.3) is 0 Å². The van der Waals surface area contributed by atoms with E-state index in [9.17, 15) is 13.2 Å². The number of sulfone groups is 1. The molecule has 1 aromatic carbocycles. The van der Waals surface area contributed by atoms with Crippen molar-refractivity contribution in [2.75, 3.05) is 13.1 Å². The highest BCUT2D eigenvalue weighted by atomic mass is 32.2. The highest BCUT2D eigenvalue weighted by Crippen LogP contribution is 2.26. The smallest absolute Gasteiger partial charge is 0.289 e. The van der Waals surface area contributed by atoms with Crippen LogP contribution in [0.1, 0.15) is 35.0 Å². The fourth-order valence-corrected chi connectivity index (χ4v) is 5.03. The number of aromatic nitrogens is 1. The topological polar surface area (TPSA) is 72.5 Å². The lowest BCUT2D eigenvalue weighted by Gasteiger charge is -2.32. The summed E-state index contributed by atoms with van der Waals surface area (Å²) in [7, 11) is -3.54. The highest BCUT2D eigenvalue weighted by molar-refractivity contribution is 7.90. The predicted molar refractivity (Wildman–Crippen MR) is 105 cm³/mol. The monoisotopic (exact) mass is 398 g/mol. The maximum absolute atomic E-state index is 12.9. The maximum Gasteiger partial charge on any atom is 0.289 e. The van der Waals surface area contributed by atoms with Crippen LogP contribution in [0.2, 0.25) is 0 Å². The van der Waals surface area contributed by atoms with Gasteiger partial charge < -0.3 is 13.9 Å². The van der Waals surface area contributed by atoms with Gasteiger partial charge in [0.2, 0.25) is 0 Å². The Morgan fingerprint density at radius 1 is 1.00 bits per heavy atom. The number of likely N-dealkylation sites (tertiary alicyclic amines) is 1. The van der Waals surface area contributed by atoms with Gasteiger partial charge in [-0.1, -0.05) is 18.2 Å². The van der Waals surface area contributed by atoms with Crippen LogP contribution in [0, 0.1) is 0 Å². The van der Waals surface area contributed by atoms with E-state index in [4.69, 9.17) is 4.42 Å². The van der Waals surface area contributed by atoms with Crippen LogP contribution in [-0.4, -0.2) is 36.9 Å². The molecule has 0 saturated carbocycles. The van der Waals surface area contributed by atoms with E-state index in [1.54, 1.807) is 41.3 Å². The van der Waals surface area contributed by atoms with Gasteiger partial charge in [-0.3, -0.25) is 4.79 Å². The molecule has 1 saturated heterocycles. The van der Waals surface area contributed by atoms with Crippen molar-refractivity contribution in [3.8, 4) is 0 Å². The van der Waals surface area contributed by atoms with Crippen LogP contribution in [-0.2, 0) is 15.6 Å². The van der Waals surface area contributed by atoms with E-state index in [1.165, 1.54) is 6.26 Å². The second-order valence-corrected chi connectivity index (χ2v) is 8.99. The molecule has 2 aromatic heterocycles. The van der Waals surface area contributed by atoms with E-state index in [-0.39, 0.29) is 22.3 Å². The first kappa shape index (κ1) is 18.6. The summed E-state index contributed by atoms with van der Waals surface area (Å²) in [6.07, 6.45) is 7.19. The molecule has 3 heterocycles. The van der Waals surface area contributed by atoms with Gasteiger partial charge in [-0.25, -0.2) is 8.42 Å². The Hall–Kier alpha value is -2.80. The van der Waals surface area contributed by atoms with Gasteiger partial charge in [-0.05, 0) is 43.2 Å². The number of benzene rings is 1. The quantitative estimate of drug-likeness (QED) is 0.659. The zero-order valence-corrected chi connectivity index (χ0v) is 16.2. The molecule has 0 radical (unpaired) electrons. The SMILES string of the molecule is O=C(c1occc1CS(=O)(=O)c1ccccc1)N1CCC(n2cccc2)CC1. The van der Waals surface area contributed by atoms with Crippen LogP contribution in [0.3, 0.4) is 0 Å². The molecule has 0 aliphatic carbocycles. The van der Waals surface area contributed by atoms with E-state index in [1.807, 2.05) is 24.5 Å². The molecule has 4 rings (SSSR count). The summed E-state index contributed by atoms with van der Waals surface area (Å²) in [6.45, 7) is 1.24. The van der Waals surface area contributed by atoms with E-state index in [0.29, 0.717) is 24.7 Å². The Bertz CT molecular complexity index is 1030. The van der Waals surface area contributed by atoms with Crippen molar-refractivity contribution < 1.29 is 17.6 Å². The van der Waals surface area contributed by atoms with Crippen molar-refractivity contribution in [3.63, 3.8) is 0 Å². The summed E-state index contributed by atoms with van der Waals surface area (Å²) in [6, 6.07) is 14.2. The Labute approximate surface area is 164 Å². The molecular formula is C21H22N2O4S. The summed E-state index contributed by atoms with van der Waals surface area (Å²) >= 11 is 0. The highest BCUT2D eigenvalue weighted by Gasteiger charge is 2.29. The third-order valence-electron chi connectivity index (χ3n) is 5.19. The molecule has 0 unspecified atom stereocenters. The Morgan fingerprint density at radius 2 is 1.68 bits per heavy atom. The summed E-state index contributed by atoms with van der Waals surface area (Å²) in [5.41, 5.74) is 0.404. The van der Waals surface area contributed by atoms with Crippen molar-refractivity contribution in [1.29, 1.82) is 0 Å². The average molecular weight is 398 g/mol. The number of amides is 1. The summed E-state index contributed by atoms with van der Waals surface area (Å²) in [4.78, 5) is 14.9. The number of rotatable bonds is 5. The van der Waals surface area contributed by atoms with E-state index in [2.05, 4.69) is 4.57 Å². The largest absolute Gasteiger partial charge is 0.459 e. The second-order valence-electron chi connectivity index (χ2n) is 7.00.